The largest absolute Gasteiger partial charge is 0.375 e. The van der Waals surface area contributed by atoms with Crippen LogP contribution < -0.4 is 5.73 Å². The van der Waals surface area contributed by atoms with E-state index in [2.05, 4.69) is 17.1 Å². The zero-order chi connectivity index (χ0) is 13.8. The summed E-state index contributed by atoms with van der Waals surface area (Å²) in [7, 11) is 0. The summed E-state index contributed by atoms with van der Waals surface area (Å²) in [6, 6.07) is 6.40. The molecule has 20 heavy (non-hydrogen) atoms. The molecule has 0 radical (unpaired) electrons. The van der Waals surface area contributed by atoms with Crippen molar-refractivity contribution in [1.29, 1.82) is 0 Å². The first-order valence-electron chi connectivity index (χ1n) is 8.07. The predicted octanol–water partition coefficient (Wildman–Crippen LogP) is 3.08. The highest BCUT2D eigenvalue weighted by Gasteiger charge is 2.41. The molecule has 1 aliphatic carbocycles. The summed E-state index contributed by atoms with van der Waals surface area (Å²) in [5, 5.41) is 0. The van der Waals surface area contributed by atoms with E-state index in [1.54, 1.807) is 0 Å². The van der Waals surface area contributed by atoms with Crippen LogP contribution in [-0.2, 0) is 11.2 Å². The molecule has 2 aliphatic rings. The molecule has 2 atom stereocenters. The maximum atomic E-state index is 6.46. The fraction of sp³-hybridized carbons (Fsp3) is 0.706. The van der Waals surface area contributed by atoms with Crippen molar-refractivity contribution in [2.24, 2.45) is 11.7 Å². The smallest absolute Gasteiger partial charge is 0.0685 e. The molecule has 0 amide bonds. The van der Waals surface area contributed by atoms with Crippen LogP contribution in [0.15, 0.2) is 24.4 Å². The average molecular weight is 274 g/mol. The summed E-state index contributed by atoms with van der Waals surface area (Å²) >= 11 is 0. The van der Waals surface area contributed by atoms with Crippen LogP contribution in [-0.4, -0.2) is 23.2 Å². The van der Waals surface area contributed by atoms with E-state index in [-0.39, 0.29) is 5.60 Å². The van der Waals surface area contributed by atoms with Gasteiger partial charge in [0.1, 0.15) is 0 Å². The second-order valence-electron chi connectivity index (χ2n) is 6.52. The highest BCUT2D eigenvalue weighted by molar-refractivity contribution is 5.04. The summed E-state index contributed by atoms with van der Waals surface area (Å²) in [4.78, 5) is 4.39. The minimum atomic E-state index is 0.186. The lowest BCUT2D eigenvalue weighted by Gasteiger charge is -2.40. The Morgan fingerprint density at radius 2 is 2.20 bits per heavy atom. The molecule has 2 heterocycles. The quantitative estimate of drug-likeness (QED) is 0.918. The summed E-state index contributed by atoms with van der Waals surface area (Å²) in [5.41, 5.74) is 7.81. The number of pyridine rings is 1. The van der Waals surface area contributed by atoms with Gasteiger partial charge in [0.05, 0.1) is 5.60 Å². The van der Waals surface area contributed by atoms with Crippen LogP contribution in [0.2, 0.25) is 0 Å². The Morgan fingerprint density at radius 3 is 2.95 bits per heavy atom. The molecular weight excluding hydrogens is 248 g/mol. The first-order valence-corrected chi connectivity index (χ1v) is 8.07. The van der Waals surface area contributed by atoms with Gasteiger partial charge in [0.25, 0.3) is 0 Å². The Bertz CT molecular complexity index is 414. The summed E-state index contributed by atoms with van der Waals surface area (Å²) in [6.07, 6.45) is 11.4. The second-order valence-corrected chi connectivity index (χ2v) is 6.52. The van der Waals surface area contributed by atoms with E-state index in [0.717, 1.165) is 31.6 Å². The number of hydrogen-bond donors (Lipinski definition) is 1. The van der Waals surface area contributed by atoms with Gasteiger partial charge in [-0.1, -0.05) is 18.9 Å². The minimum Gasteiger partial charge on any atom is -0.375 e. The van der Waals surface area contributed by atoms with E-state index in [1.807, 2.05) is 12.3 Å². The van der Waals surface area contributed by atoms with Gasteiger partial charge in [0.2, 0.25) is 0 Å². The van der Waals surface area contributed by atoms with E-state index >= 15 is 0 Å². The van der Waals surface area contributed by atoms with Crippen LogP contribution in [0.1, 0.15) is 50.6 Å². The number of aromatic nitrogens is 1. The zero-order valence-electron chi connectivity index (χ0n) is 12.3. The lowest BCUT2D eigenvalue weighted by Crippen LogP contribution is -2.44. The van der Waals surface area contributed by atoms with Crippen molar-refractivity contribution < 1.29 is 4.74 Å². The number of aryl methyl sites for hydroxylation is 1. The third-order valence-electron chi connectivity index (χ3n) is 5.11. The van der Waals surface area contributed by atoms with Crippen LogP contribution in [0.3, 0.4) is 0 Å². The summed E-state index contributed by atoms with van der Waals surface area (Å²) in [5.74, 6) is 0.630. The predicted molar refractivity (Wildman–Crippen MR) is 80.4 cm³/mol. The van der Waals surface area contributed by atoms with Crippen molar-refractivity contribution >= 4 is 0 Å². The van der Waals surface area contributed by atoms with E-state index in [9.17, 15) is 0 Å². The van der Waals surface area contributed by atoms with Crippen LogP contribution in [0, 0.1) is 5.92 Å². The molecule has 2 N–H and O–H groups in total. The Kier molecular flexibility index (Phi) is 4.37. The maximum Gasteiger partial charge on any atom is 0.0685 e. The molecule has 2 unspecified atom stereocenters. The summed E-state index contributed by atoms with van der Waals surface area (Å²) < 4.78 is 6.10. The van der Waals surface area contributed by atoms with Crippen molar-refractivity contribution in [3.8, 4) is 0 Å². The fourth-order valence-electron chi connectivity index (χ4n) is 3.90. The highest BCUT2D eigenvalue weighted by atomic mass is 16.5. The lowest BCUT2D eigenvalue weighted by molar-refractivity contribution is -0.0964. The molecule has 1 spiro atoms. The second kappa shape index (κ2) is 6.23. The van der Waals surface area contributed by atoms with E-state index in [4.69, 9.17) is 10.5 Å². The molecule has 1 saturated carbocycles. The minimum absolute atomic E-state index is 0.186. The molecule has 2 fully saturated rings. The maximum absolute atomic E-state index is 6.46. The Morgan fingerprint density at radius 1 is 1.35 bits per heavy atom. The van der Waals surface area contributed by atoms with E-state index < -0.39 is 0 Å². The topological polar surface area (TPSA) is 48.1 Å². The SMILES string of the molecule is NC(CCc1ccccn1)C1CCOC2(CCCC2)C1. The standard InChI is InChI=1S/C17H26N2O/c18-16(7-6-15-5-1-4-11-19-15)14-8-12-20-17(13-14)9-2-3-10-17/h1,4-5,11,14,16H,2-3,6-10,12-13,18H2. The van der Waals surface area contributed by atoms with E-state index in [0.29, 0.717) is 12.0 Å². The molecule has 3 rings (SSSR count). The molecule has 1 saturated heterocycles. The zero-order valence-corrected chi connectivity index (χ0v) is 12.3. The molecular formula is C17H26N2O. The van der Waals surface area contributed by atoms with Gasteiger partial charge in [-0.15, -0.1) is 0 Å². The Labute approximate surface area is 121 Å². The molecule has 1 aliphatic heterocycles. The van der Waals surface area contributed by atoms with Crippen LogP contribution >= 0.6 is 0 Å². The van der Waals surface area contributed by atoms with Crippen LogP contribution in [0.4, 0.5) is 0 Å². The molecule has 3 heteroatoms. The number of rotatable bonds is 4. The number of nitrogens with zero attached hydrogens (tertiary/aromatic N) is 1. The van der Waals surface area contributed by atoms with Gasteiger partial charge >= 0.3 is 0 Å². The molecule has 0 bridgehead atoms. The van der Waals surface area contributed by atoms with Gasteiger partial charge in [-0.25, -0.2) is 0 Å². The van der Waals surface area contributed by atoms with Crippen molar-refractivity contribution in [1.82, 2.24) is 4.98 Å². The van der Waals surface area contributed by atoms with Crippen molar-refractivity contribution in [2.45, 2.75) is 63.0 Å². The van der Waals surface area contributed by atoms with Crippen LogP contribution in [0.25, 0.3) is 0 Å². The number of hydrogen-bond acceptors (Lipinski definition) is 3. The Hall–Kier alpha value is -0.930. The fourth-order valence-corrected chi connectivity index (χ4v) is 3.90. The monoisotopic (exact) mass is 274 g/mol. The third-order valence-corrected chi connectivity index (χ3v) is 5.11. The number of ether oxygens (including phenoxy) is 1. The molecule has 1 aromatic heterocycles. The van der Waals surface area contributed by atoms with Crippen molar-refractivity contribution in [3.05, 3.63) is 30.1 Å². The van der Waals surface area contributed by atoms with Gasteiger partial charge in [-0.2, -0.15) is 0 Å². The lowest BCUT2D eigenvalue weighted by atomic mass is 9.79. The number of nitrogens with two attached hydrogens (primary N) is 1. The highest BCUT2D eigenvalue weighted by Crippen LogP contribution is 2.42. The van der Waals surface area contributed by atoms with Crippen LogP contribution in [0.5, 0.6) is 0 Å². The van der Waals surface area contributed by atoms with Gasteiger partial charge in [-0.05, 0) is 56.6 Å². The first kappa shape index (κ1) is 14.0. The first-order chi connectivity index (χ1) is 9.77. The molecule has 3 nitrogen and oxygen atoms in total. The van der Waals surface area contributed by atoms with Gasteiger partial charge in [0, 0.05) is 24.5 Å². The van der Waals surface area contributed by atoms with Crippen molar-refractivity contribution in [2.75, 3.05) is 6.61 Å². The summed E-state index contributed by atoms with van der Waals surface area (Å²) in [6.45, 7) is 0.905. The molecule has 110 valence electrons. The van der Waals surface area contributed by atoms with E-state index in [1.165, 1.54) is 32.1 Å². The normalized spacial score (nSPS) is 26.8. The van der Waals surface area contributed by atoms with Crippen molar-refractivity contribution in [3.63, 3.8) is 0 Å². The van der Waals surface area contributed by atoms with Gasteiger partial charge in [-0.3, -0.25) is 4.98 Å². The van der Waals surface area contributed by atoms with Gasteiger partial charge in [0.15, 0.2) is 0 Å². The average Bonchev–Trinajstić information content (AvgIpc) is 2.93. The third kappa shape index (κ3) is 3.21. The molecule has 1 aromatic rings. The Balaban J connectivity index is 1.53. The molecule has 0 aromatic carbocycles. The van der Waals surface area contributed by atoms with Gasteiger partial charge < -0.3 is 10.5 Å².